The van der Waals surface area contributed by atoms with E-state index in [4.69, 9.17) is 15.9 Å². The van der Waals surface area contributed by atoms with Gasteiger partial charge >= 0.3 is 5.97 Å². The Bertz CT molecular complexity index is 290. The smallest absolute Gasteiger partial charge is 0.320 e. The highest BCUT2D eigenvalue weighted by Crippen LogP contribution is 2.06. The van der Waals surface area contributed by atoms with Crippen molar-refractivity contribution in [3.63, 3.8) is 0 Å². The van der Waals surface area contributed by atoms with Gasteiger partial charge in [0.25, 0.3) is 0 Å². The lowest BCUT2D eigenvalue weighted by Gasteiger charge is -2.34. The molecule has 1 saturated heterocycles. The Balaban J connectivity index is 2.25. The molecule has 0 spiro atoms. The summed E-state index contributed by atoms with van der Waals surface area (Å²) in [6.07, 6.45) is 0.346. The molecular formula is C11H21N3O4. The van der Waals surface area contributed by atoms with Crippen molar-refractivity contribution in [1.29, 1.82) is 0 Å². The van der Waals surface area contributed by atoms with Crippen molar-refractivity contribution >= 4 is 11.9 Å². The molecule has 1 amide bonds. The summed E-state index contributed by atoms with van der Waals surface area (Å²) in [6, 6.07) is -0.968. The highest BCUT2D eigenvalue weighted by molar-refractivity contribution is 5.78. The Morgan fingerprint density at radius 1 is 1.22 bits per heavy atom. The Labute approximate surface area is 106 Å². The van der Waals surface area contributed by atoms with Crippen LogP contribution in [0.25, 0.3) is 0 Å². The number of hydrogen-bond acceptors (Lipinski definition) is 5. The van der Waals surface area contributed by atoms with Crippen molar-refractivity contribution in [2.75, 3.05) is 39.3 Å². The maximum Gasteiger partial charge on any atom is 0.320 e. The lowest BCUT2D eigenvalue weighted by atomic mass is 10.1. The van der Waals surface area contributed by atoms with E-state index in [9.17, 15) is 9.59 Å². The highest BCUT2D eigenvalue weighted by atomic mass is 16.4. The van der Waals surface area contributed by atoms with Crippen LogP contribution in [-0.4, -0.2) is 77.3 Å². The highest BCUT2D eigenvalue weighted by Gasteiger charge is 2.22. The second-order valence-corrected chi connectivity index (χ2v) is 4.43. The summed E-state index contributed by atoms with van der Waals surface area (Å²) in [5.74, 6) is -1.12. The summed E-state index contributed by atoms with van der Waals surface area (Å²) < 4.78 is 0. The number of amides is 1. The fourth-order valence-electron chi connectivity index (χ4n) is 1.92. The van der Waals surface area contributed by atoms with Crippen LogP contribution in [0.4, 0.5) is 0 Å². The number of aliphatic carboxylic acids is 1. The predicted molar refractivity (Wildman–Crippen MR) is 65.0 cm³/mol. The number of rotatable bonds is 6. The molecule has 0 radical (unpaired) electrons. The summed E-state index contributed by atoms with van der Waals surface area (Å²) in [5.41, 5.74) is 5.35. The third kappa shape index (κ3) is 4.59. The number of nitrogens with two attached hydrogens (primary N) is 1. The molecule has 1 aliphatic heterocycles. The van der Waals surface area contributed by atoms with E-state index in [1.165, 1.54) is 0 Å². The lowest BCUT2D eigenvalue weighted by Crippen LogP contribution is -2.49. The average molecular weight is 259 g/mol. The van der Waals surface area contributed by atoms with E-state index >= 15 is 0 Å². The molecule has 1 fully saturated rings. The summed E-state index contributed by atoms with van der Waals surface area (Å²) in [6.45, 7) is 3.50. The normalized spacial score (nSPS) is 18.7. The van der Waals surface area contributed by atoms with Gasteiger partial charge in [0.05, 0.1) is 6.61 Å². The minimum atomic E-state index is -1.07. The fraction of sp³-hybridized carbons (Fsp3) is 0.818. The maximum atomic E-state index is 11.8. The molecule has 0 aromatic rings. The first-order valence-electron chi connectivity index (χ1n) is 6.14. The van der Waals surface area contributed by atoms with Gasteiger partial charge in [-0.1, -0.05) is 0 Å². The summed E-state index contributed by atoms with van der Waals surface area (Å²) in [7, 11) is 0. The molecule has 1 rings (SSSR count). The maximum absolute atomic E-state index is 11.8. The summed E-state index contributed by atoms with van der Waals surface area (Å²) >= 11 is 0. The number of carboxylic acids is 1. The number of carbonyl (C=O) groups excluding carboxylic acids is 1. The Morgan fingerprint density at radius 2 is 1.83 bits per heavy atom. The first-order valence-corrected chi connectivity index (χ1v) is 6.14. The first-order chi connectivity index (χ1) is 8.54. The number of hydrogen-bond donors (Lipinski definition) is 3. The third-order valence-corrected chi connectivity index (χ3v) is 3.13. The van der Waals surface area contributed by atoms with Crippen molar-refractivity contribution in [2.24, 2.45) is 5.73 Å². The van der Waals surface area contributed by atoms with Crippen LogP contribution in [0.1, 0.15) is 12.8 Å². The quantitative estimate of drug-likeness (QED) is 0.525. The average Bonchev–Trinajstić information content (AvgIpc) is 2.36. The molecule has 7 heteroatoms. The molecule has 0 unspecified atom stereocenters. The van der Waals surface area contributed by atoms with Crippen LogP contribution in [0.5, 0.6) is 0 Å². The van der Waals surface area contributed by atoms with Crippen LogP contribution in [0.2, 0.25) is 0 Å². The van der Waals surface area contributed by atoms with Crippen molar-refractivity contribution in [2.45, 2.75) is 18.9 Å². The van der Waals surface area contributed by atoms with Crippen molar-refractivity contribution in [1.82, 2.24) is 9.80 Å². The zero-order valence-electron chi connectivity index (χ0n) is 10.4. The van der Waals surface area contributed by atoms with Crippen LogP contribution < -0.4 is 5.73 Å². The van der Waals surface area contributed by atoms with Crippen LogP contribution in [0, 0.1) is 0 Å². The van der Waals surface area contributed by atoms with E-state index < -0.39 is 12.0 Å². The number of nitrogens with zero attached hydrogens (tertiary/aromatic N) is 2. The fourth-order valence-corrected chi connectivity index (χ4v) is 1.92. The molecule has 0 bridgehead atoms. The molecule has 1 atom stereocenters. The number of aliphatic hydroxyl groups excluding tert-OH is 1. The number of carbonyl (C=O) groups is 2. The SMILES string of the molecule is N[C@@H](CCC(=O)N1CCN(CCO)CC1)C(=O)O. The van der Waals surface area contributed by atoms with Crippen molar-refractivity contribution < 1.29 is 19.8 Å². The van der Waals surface area contributed by atoms with Crippen molar-refractivity contribution in [3.8, 4) is 0 Å². The number of carboxylic acid groups (broad SMARTS) is 1. The van der Waals surface area contributed by atoms with E-state index in [0.29, 0.717) is 19.6 Å². The van der Waals surface area contributed by atoms with Gasteiger partial charge in [-0.15, -0.1) is 0 Å². The van der Waals surface area contributed by atoms with Gasteiger partial charge in [0, 0.05) is 39.1 Å². The van der Waals surface area contributed by atoms with Gasteiger partial charge in [-0.25, -0.2) is 0 Å². The topological polar surface area (TPSA) is 107 Å². The molecule has 0 aliphatic carbocycles. The predicted octanol–water partition coefficient (Wildman–Crippen LogP) is -1.68. The standard InChI is InChI=1S/C11H21N3O4/c12-9(11(17)18)1-2-10(16)14-5-3-13(4-6-14)7-8-15/h9,15H,1-8,12H2,(H,17,18)/t9-/m0/s1. The Kier molecular flexibility index (Phi) is 6.03. The van der Waals surface area contributed by atoms with E-state index in [1.54, 1.807) is 4.90 Å². The van der Waals surface area contributed by atoms with Crippen LogP contribution >= 0.6 is 0 Å². The molecule has 1 heterocycles. The largest absolute Gasteiger partial charge is 0.480 e. The summed E-state index contributed by atoms with van der Waals surface area (Å²) in [5, 5.41) is 17.4. The van der Waals surface area contributed by atoms with Crippen LogP contribution in [-0.2, 0) is 9.59 Å². The summed E-state index contributed by atoms with van der Waals surface area (Å²) in [4.78, 5) is 26.1. The number of piperazine rings is 1. The second-order valence-electron chi connectivity index (χ2n) is 4.43. The molecule has 0 saturated carbocycles. The number of β-amino-alcohol motifs (C(OH)–C–C–N with tert-alkyl or cyclic N) is 1. The zero-order valence-corrected chi connectivity index (χ0v) is 10.4. The van der Waals surface area contributed by atoms with Crippen LogP contribution in [0.3, 0.4) is 0 Å². The van der Waals surface area contributed by atoms with Crippen LogP contribution in [0.15, 0.2) is 0 Å². The third-order valence-electron chi connectivity index (χ3n) is 3.13. The minimum absolute atomic E-state index is 0.0460. The van der Waals surface area contributed by atoms with E-state index in [-0.39, 0.29) is 25.4 Å². The van der Waals surface area contributed by atoms with Gasteiger partial charge in [-0.05, 0) is 6.42 Å². The van der Waals surface area contributed by atoms with E-state index in [1.807, 2.05) is 0 Å². The molecule has 0 aromatic heterocycles. The number of aliphatic hydroxyl groups is 1. The van der Waals surface area contributed by atoms with Gasteiger partial charge in [0.1, 0.15) is 6.04 Å². The lowest BCUT2D eigenvalue weighted by molar-refractivity contribution is -0.139. The second kappa shape index (κ2) is 7.30. The molecule has 18 heavy (non-hydrogen) atoms. The van der Waals surface area contributed by atoms with Gasteiger partial charge in [0.15, 0.2) is 0 Å². The zero-order chi connectivity index (χ0) is 13.5. The van der Waals surface area contributed by atoms with Gasteiger partial charge in [0.2, 0.25) is 5.91 Å². The molecule has 104 valence electrons. The Hall–Kier alpha value is -1.18. The molecule has 1 aliphatic rings. The molecule has 7 nitrogen and oxygen atoms in total. The molecule has 0 aromatic carbocycles. The van der Waals surface area contributed by atoms with E-state index in [0.717, 1.165) is 13.1 Å². The van der Waals surface area contributed by atoms with Gasteiger partial charge < -0.3 is 20.8 Å². The van der Waals surface area contributed by atoms with Gasteiger partial charge in [-0.3, -0.25) is 14.5 Å². The minimum Gasteiger partial charge on any atom is -0.480 e. The van der Waals surface area contributed by atoms with Gasteiger partial charge in [-0.2, -0.15) is 0 Å². The molecular weight excluding hydrogens is 238 g/mol. The first kappa shape index (κ1) is 14.9. The van der Waals surface area contributed by atoms with Crippen molar-refractivity contribution in [3.05, 3.63) is 0 Å². The van der Waals surface area contributed by atoms with E-state index in [2.05, 4.69) is 4.90 Å². The monoisotopic (exact) mass is 259 g/mol. The Morgan fingerprint density at radius 3 is 2.33 bits per heavy atom. The molecule has 4 N–H and O–H groups in total.